The highest BCUT2D eigenvalue weighted by Crippen LogP contribution is 2.50. The van der Waals surface area contributed by atoms with Crippen molar-refractivity contribution in [1.29, 1.82) is 0 Å². The van der Waals surface area contributed by atoms with Crippen molar-refractivity contribution in [2.24, 2.45) is 0 Å². The van der Waals surface area contributed by atoms with Crippen LogP contribution in [0.4, 0.5) is 17.1 Å². The molecule has 0 amide bonds. The summed E-state index contributed by atoms with van der Waals surface area (Å²) >= 11 is 0. The minimum Gasteiger partial charge on any atom is -0.310 e. The van der Waals surface area contributed by atoms with Crippen molar-refractivity contribution in [3.05, 3.63) is 296 Å². The van der Waals surface area contributed by atoms with E-state index in [0.717, 1.165) is 41.0 Å². The smallest absolute Gasteiger partial charge is 0.0467 e. The van der Waals surface area contributed by atoms with Gasteiger partial charge in [-0.3, -0.25) is 0 Å². The van der Waals surface area contributed by atoms with Crippen molar-refractivity contribution in [1.82, 2.24) is 0 Å². The van der Waals surface area contributed by atoms with E-state index >= 15 is 0 Å². The van der Waals surface area contributed by atoms with Crippen LogP contribution in [0.15, 0.2) is 288 Å². The van der Waals surface area contributed by atoms with Gasteiger partial charge in [-0.15, -0.1) is 0 Å². The topological polar surface area (TPSA) is 3.24 Å². The quantitative estimate of drug-likeness (QED) is 0.0688. The first-order chi connectivity index (χ1) is 42.9. The Kier molecular flexibility index (Phi) is 18.7. The normalized spacial score (nSPS) is 12.6. The first-order valence-corrected chi connectivity index (χ1v) is 37.0. The number of aryl methyl sites for hydroxylation is 1. The lowest BCUT2D eigenvalue weighted by Crippen LogP contribution is -2.10. The zero-order chi connectivity index (χ0) is 61.1. The maximum atomic E-state index is 4.37. The largest absolute Gasteiger partial charge is 0.310 e. The van der Waals surface area contributed by atoms with Gasteiger partial charge in [-0.25, -0.2) is 10.0 Å². The van der Waals surface area contributed by atoms with Gasteiger partial charge in [0, 0.05) is 32.8 Å². The number of rotatable bonds is 16. The SMILES string of the molecule is C.C=Cc1ccc(N(c2ccc(S(=C)C)cc2)c2cccc(-c3c4ccccc4c(-c4cccc(-c5c6ccccc6c(-c6cccc(C(CCc7ccc(S(C)(C)C)cc7)c7ccc(S(=C)C)cc7)c6)c6ccccc56)c4)c4ccccc34)c2)cc1.CC. The van der Waals surface area contributed by atoms with Gasteiger partial charge < -0.3 is 4.90 Å². The average Bonchev–Trinajstić information content (AvgIpc) is 0.908. The Bertz CT molecular complexity index is 4630. The van der Waals surface area contributed by atoms with Gasteiger partial charge in [0.1, 0.15) is 0 Å². The van der Waals surface area contributed by atoms with E-state index in [2.05, 4.69) is 321 Å². The maximum absolute atomic E-state index is 4.37. The molecule has 89 heavy (non-hydrogen) atoms. The minimum atomic E-state index is -0.794. The van der Waals surface area contributed by atoms with Crippen LogP contribution in [-0.4, -0.2) is 43.0 Å². The van der Waals surface area contributed by atoms with Crippen LogP contribution in [-0.2, 0) is 6.42 Å². The summed E-state index contributed by atoms with van der Waals surface area (Å²) < 4.78 is 0. The Morgan fingerprint density at radius 1 is 0.393 bits per heavy atom. The van der Waals surface area contributed by atoms with Gasteiger partial charge in [-0.05, 0) is 238 Å². The highest BCUT2D eigenvalue weighted by atomic mass is 32.3. The van der Waals surface area contributed by atoms with Crippen molar-refractivity contribution >= 4 is 109 Å². The lowest BCUT2D eigenvalue weighted by molar-refractivity contribution is 0.714. The highest BCUT2D eigenvalue weighted by molar-refractivity contribution is 8.32. The van der Waals surface area contributed by atoms with Crippen LogP contribution < -0.4 is 4.90 Å². The summed E-state index contributed by atoms with van der Waals surface area (Å²) in [4.78, 5) is 6.34. The van der Waals surface area contributed by atoms with Gasteiger partial charge in [0.25, 0.3) is 0 Å². The van der Waals surface area contributed by atoms with Crippen LogP contribution in [0, 0.1) is 0 Å². The molecule has 3 atom stereocenters. The molecule has 0 aromatic heterocycles. The number of fused-ring (bicyclic) bond motifs is 4. The standard InChI is InChI=1S/C82H71NS3.C2H6.CH4/c1-9-56-35-42-64(43-36-56)83(65-44-48-68(49-45-65)85(4)5)66-26-20-25-63(55-66)82-77-33-16-14-31-75(77)81(76-32-15-17-34-78(76)82)62-24-19-23-61(54-62)80-73-29-12-10-27-71(73)79(72-28-11-13-30-74(72)80)60-22-18-21-59(53-60)70(58-40-46-67(47-41-58)84(2)3)52-39-57-37-50-69(51-38-57)86(6,7)8;1-2;/h9-38,40-51,53-55,70H,1-2,4,39,52H2,3,5-8H3;1-2H3;1H4. The van der Waals surface area contributed by atoms with E-state index in [1.807, 2.05) is 19.9 Å². The maximum Gasteiger partial charge on any atom is 0.0467 e. The second kappa shape index (κ2) is 26.9. The molecular weight excluding hydrogens is 1130 g/mol. The summed E-state index contributed by atoms with van der Waals surface area (Å²) in [7, 11) is -0.941. The van der Waals surface area contributed by atoms with Crippen molar-refractivity contribution in [2.45, 2.75) is 54.7 Å². The number of benzene rings is 13. The van der Waals surface area contributed by atoms with Gasteiger partial charge in [-0.1, -0.05) is 234 Å². The Morgan fingerprint density at radius 2 is 0.764 bits per heavy atom. The molecule has 4 heteroatoms. The summed E-state index contributed by atoms with van der Waals surface area (Å²) in [5.74, 6) is 8.90. The fourth-order valence-corrected chi connectivity index (χ4v) is 15.1. The number of anilines is 3. The first kappa shape index (κ1) is 61.9. The molecule has 13 aromatic rings. The average molecular weight is 1210 g/mol. The Labute approximate surface area is 536 Å². The third-order valence-corrected chi connectivity index (χ3v) is 21.0. The number of nitrogens with zero attached hydrogens (tertiary/aromatic N) is 1. The predicted molar refractivity (Wildman–Crippen MR) is 406 cm³/mol. The summed E-state index contributed by atoms with van der Waals surface area (Å²) in [5.41, 5.74) is 18.1. The minimum absolute atomic E-state index is 0. The van der Waals surface area contributed by atoms with Crippen LogP contribution in [0.25, 0.3) is 93.7 Å². The van der Waals surface area contributed by atoms with Crippen molar-refractivity contribution < 1.29 is 0 Å². The van der Waals surface area contributed by atoms with Gasteiger partial charge in [-0.2, -0.15) is 21.0 Å². The first-order valence-electron chi connectivity index (χ1n) is 30.5. The molecule has 0 heterocycles. The molecule has 13 rings (SSSR count). The molecule has 0 N–H and O–H groups in total. The summed E-state index contributed by atoms with van der Waals surface area (Å²) in [5, 5.41) is 9.83. The lowest BCUT2D eigenvalue weighted by atomic mass is 9.82. The third kappa shape index (κ3) is 12.5. The second-order valence-corrected chi connectivity index (χ2v) is 31.1. The Hall–Kier alpha value is -8.77. The molecule has 0 bridgehead atoms. The van der Waals surface area contributed by atoms with E-state index in [0.29, 0.717) is 0 Å². The molecule has 13 aromatic carbocycles. The van der Waals surface area contributed by atoms with Gasteiger partial charge >= 0.3 is 0 Å². The highest BCUT2D eigenvalue weighted by Gasteiger charge is 2.23. The molecule has 0 aliphatic rings. The molecule has 0 saturated heterocycles. The van der Waals surface area contributed by atoms with E-state index in [1.165, 1.54) is 113 Å². The molecule has 0 aliphatic carbocycles. The Balaban J connectivity index is 0.00000270. The van der Waals surface area contributed by atoms with Gasteiger partial charge in [0.2, 0.25) is 0 Å². The van der Waals surface area contributed by atoms with Gasteiger partial charge in [0.15, 0.2) is 0 Å². The molecule has 0 aliphatic heterocycles. The second-order valence-electron chi connectivity index (χ2n) is 23.5. The van der Waals surface area contributed by atoms with Crippen molar-refractivity contribution in [2.75, 3.05) is 36.2 Å². The summed E-state index contributed by atoms with van der Waals surface area (Å²) in [6.45, 7) is 8.03. The molecule has 0 saturated carbocycles. The zero-order valence-electron chi connectivity index (χ0n) is 51.8. The molecule has 0 fully saturated rings. The van der Waals surface area contributed by atoms with E-state index in [4.69, 9.17) is 0 Å². The molecular formula is C85H81NS3. The summed E-state index contributed by atoms with van der Waals surface area (Å²) in [6.07, 6.45) is 15.4. The summed E-state index contributed by atoms with van der Waals surface area (Å²) in [6, 6.07) is 100. The van der Waals surface area contributed by atoms with Crippen LogP contribution in [0.3, 0.4) is 0 Å². The van der Waals surface area contributed by atoms with E-state index in [9.17, 15) is 0 Å². The van der Waals surface area contributed by atoms with Crippen LogP contribution in [0.5, 0.6) is 0 Å². The van der Waals surface area contributed by atoms with Gasteiger partial charge in [0.05, 0.1) is 0 Å². The number of hydrogen-bond donors (Lipinski definition) is 0. The third-order valence-electron chi connectivity index (χ3n) is 17.2. The fraction of sp³-hybridized carbons (Fsp3) is 0.129. The lowest BCUT2D eigenvalue weighted by Gasteiger charge is -2.27. The molecule has 1 nitrogen and oxygen atoms in total. The zero-order valence-corrected chi connectivity index (χ0v) is 54.2. The predicted octanol–water partition coefficient (Wildman–Crippen LogP) is 24.9. The molecule has 3 unspecified atom stereocenters. The van der Waals surface area contributed by atoms with E-state index in [1.54, 1.807) is 0 Å². The van der Waals surface area contributed by atoms with Crippen LogP contribution in [0.1, 0.15) is 55.9 Å². The van der Waals surface area contributed by atoms with Crippen LogP contribution in [0.2, 0.25) is 0 Å². The van der Waals surface area contributed by atoms with Crippen molar-refractivity contribution in [3.8, 4) is 44.5 Å². The monoisotopic (exact) mass is 1210 g/mol. The molecule has 444 valence electrons. The van der Waals surface area contributed by atoms with E-state index in [-0.39, 0.29) is 34.3 Å². The van der Waals surface area contributed by atoms with Crippen molar-refractivity contribution in [3.63, 3.8) is 0 Å². The molecule has 0 radical (unpaired) electrons. The van der Waals surface area contributed by atoms with E-state index < -0.39 is 10.0 Å². The Morgan fingerprint density at radius 3 is 1.17 bits per heavy atom. The number of hydrogen-bond acceptors (Lipinski definition) is 1. The van der Waals surface area contributed by atoms with Crippen LogP contribution >= 0.6 is 31.0 Å². The fourth-order valence-electron chi connectivity index (χ4n) is 12.9. The molecule has 0 spiro atoms.